The lowest BCUT2D eigenvalue weighted by Crippen LogP contribution is -2.43. The van der Waals surface area contributed by atoms with Crippen molar-refractivity contribution in [3.63, 3.8) is 0 Å². The van der Waals surface area contributed by atoms with Crippen molar-refractivity contribution in [2.24, 2.45) is 5.92 Å². The highest BCUT2D eigenvalue weighted by Gasteiger charge is 2.33. The molecule has 2 aromatic rings. The number of carbonyl (C=O) groups is 1. The number of ether oxygens (including phenoxy) is 1. The SMILES string of the molecule is O=C1CCC(CN2CCCCC2)N1c1ccc(OCCCN2CCC(Cc3ccccc3)CC2)cc1. The van der Waals surface area contributed by atoms with Crippen LogP contribution in [0.25, 0.3) is 0 Å². The molecule has 3 saturated heterocycles. The van der Waals surface area contributed by atoms with Crippen LogP contribution in [0.15, 0.2) is 54.6 Å². The Kier molecular flexibility index (Phi) is 8.95. The van der Waals surface area contributed by atoms with Gasteiger partial charge in [0.15, 0.2) is 0 Å². The lowest BCUT2D eigenvalue weighted by atomic mass is 9.90. The molecule has 1 amide bonds. The number of likely N-dealkylation sites (tertiary alicyclic amines) is 2. The van der Waals surface area contributed by atoms with E-state index < -0.39 is 0 Å². The van der Waals surface area contributed by atoms with E-state index in [1.54, 1.807) is 0 Å². The summed E-state index contributed by atoms with van der Waals surface area (Å²) in [4.78, 5) is 19.8. The zero-order valence-electron chi connectivity index (χ0n) is 21.8. The summed E-state index contributed by atoms with van der Waals surface area (Å²) in [6.07, 6.45) is 10.4. The molecule has 5 rings (SSSR count). The Morgan fingerprint density at radius 3 is 2.31 bits per heavy atom. The number of anilines is 1. The Labute approximate surface area is 217 Å². The molecule has 1 atom stereocenters. The Bertz CT molecular complexity index is 934. The highest BCUT2D eigenvalue weighted by molar-refractivity contribution is 5.96. The largest absolute Gasteiger partial charge is 0.494 e. The van der Waals surface area contributed by atoms with Crippen LogP contribution in [0.3, 0.4) is 0 Å². The Hall–Kier alpha value is -2.37. The van der Waals surface area contributed by atoms with Gasteiger partial charge >= 0.3 is 0 Å². The number of hydrogen-bond donors (Lipinski definition) is 0. The average Bonchev–Trinajstić information content (AvgIpc) is 3.28. The van der Waals surface area contributed by atoms with Crippen molar-refractivity contribution in [3.05, 3.63) is 60.2 Å². The van der Waals surface area contributed by atoms with Gasteiger partial charge in [0.05, 0.1) is 12.6 Å². The predicted octanol–water partition coefficient (Wildman–Crippen LogP) is 5.39. The van der Waals surface area contributed by atoms with Crippen LogP contribution in [-0.4, -0.2) is 67.6 Å². The first kappa shape index (κ1) is 25.3. The maximum atomic E-state index is 12.7. The van der Waals surface area contributed by atoms with Crippen LogP contribution in [0.1, 0.15) is 56.9 Å². The van der Waals surface area contributed by atoms with E-state index in [1.807, 2.05) is 17.0 Å². The van der Waals surface area contributed by atoms with E-state index in [9.17, 15) is 4.79 Å². The second-order valence-corrected chi connectivity index (χ2v) is 11.0. The Balaban J connectivity index is 1.02. The first-order valence-corrected chi connectivity index (χ1v) is 14.3. The fourth-order valence-electron chi connectivity index (χ4n) is 6.25. The summed E-state index contributed by atoms with van der Waals surface area (Å²) in [5.74, 6) is 1.98. The zero-order valence-corrected chi connectivity index (χ0v) is 21.8. The Morgan fingerprint density at radius 2 is 1.56 bits per heavy atom. The third-order valence-corrected chi connectivity index (χ3v) is 8.32. The van der Waals surface area contributed by atoms with E-state index in [4.69, 9.17) is 4.74 Å². The molecule has 3 fully saturated rings. The standard InChI is InChI=1S/C31H43N3O2/c35-31-15-12-29(25-33-18-5-2-6-19-33)34(31)28-10-13-30(14-11-28)36-23-7-20-32-21-16-27(17-22-32)24-26-8-3-1-4-9-26/h1,3-4,8-11,13-14,27,29H,2,5-7,12,15-25H2. The van der Waals surface area contributed by atoms with Gasteiger partial charge in [0.25, 0.3) is 0 Å². The summed E-state index contributed by atoms with van der Waals surface area (Å²) in [5.41, 5.74) is 2.49. The summed E-state index contributed by atoms with van der Waals surface area (Å²) < 4.78 is 6.05. The van der Waals surface area contributed by atoms with Crippen LogP contribution in [0.5, 0.6) is 5.75 Å². The molecule has 0 bridgehead atoms. The molecule has 1 unspecified atom stereocenters. The van der Waals surface area contributed by atoms with E-state index in [2.05, 4.69) is 52.3 Å². The Morgan fingerprint density at radius 1 is 0.806 bits per heavy atom. The van der Waals surface area contributed by atoms with Crippen molar-refractivity contribution in [1.29, 1.82) is 0 Å². The van der Waals surface area contributed by atoms with Gasteiger partial charge in [-0.2, -0.15) is 0 Å². The van der Waals surface area contributed by atoms with E-state index in [0.29, 0.717) is 12.5 Å². The van der Waals surface area contributed by atoms with E-state index in [-0.39, 0.29) is 5.91 Å². The van der Waals surface area contributed by atoms with Crippen molar-refractivity contribution >= 4 is 11.6 Å². The van der Waals surface area contributed by atoms with Crippen molar-refractivity contribution < 1.29 is 9.53 Å². The molecule has 0 spiro atoms. The van der Waals surface area contributed by atoms with E-state index in [1.165, 1.54) is 70.3 Å². The number of hydrogen-bond acceptors (Lipinski definition) is 4. The fourth-order valence-corrected chi connectivity index (χ4v) is 6.25. The van der Waals surface area contributed by atoms with Crippen LogP contribution >= 0.6 is 0 Å². The predicted molar refractivity (Wildman–Crippen MR) is 147 cm³/mol. The molecule has 194 valence electrons. The number of piperidine rings is 2. The quantitative estimate of drug-likeness (QED) is 0.419. The van der Waals surface area contributed by atoms with E-state index >= 15 is 0 Å². The summed E-state index contributed by atoms with van der Waals surface area (Å²) in [6.45, 7) is 7.62. The molecule has 3 heterocycles. The molecule has 0 radical (unpaired) electrons. The third-order valence-electron chi connectivity index (χ3n) is 8.32. The number of carbonyl (C=O) groups excluding carboxylic acids is 1. The van der Waals surface area contributed by atoms with Crippen molar-refractivity contribution in [3.8, 4) is 5.75 Å². The van der Waals surface area contributed by atoms with Crippen molar-refractivity contribution in [2.75, 3.05) is 50.8 Å². The molecule has 5 nitrogen and oxygen atoms in total. The van der Waals surface area contributed by atoms with Crippen LogP contribution in [0, 0.1) is 5.92 Å². The molecule has 5 heteroatoms. The summed E-state index contributed by atoms with van der Waals surface area (Å²) in [5, 5.41) is 0. The van der Waals surface area contributed by atoms with Crippen LogP contribution < -0.4 is 9.64 Å². The van der Waals surface area contributed by atoms with Gasteiger partial charge in [-0.1, -0.05) is 36.8 Å². The molecule has 2 aromatic carbocycles. The van der Waals surface area contributed by atoms with Gasteiger partial charge in [0.1, 0.15) is 5.75 Å². The molecule has 0 saturated carbocycles. The van der Waals surface area contributed by atoms with Gasteiger partial charge in [-0.05, 0) is 107 Å². The minimum Gasteiger partial charge on any atom is -0.494 e. The molecule has 0 N–H and O–H groups in total. The fraction of sp³-hybridized carbons (Fsp3) is 0.581. The van der Waals surface area contributed by atoms with Gasteiger partial charge in [-0.25, -0.2) is 0 Å². The van der Waals surface area contributed by atoms with Gasteiger partial charge in [-0.15, -0.1) is 0 Å². The minimum atomic E-state index is 0.262. The number of nitrogens with zero attached hydrogens (tertiary/aromatic N) is 3. The van der Waals surface area contributed by atoms with Crippen LogP contribution in [0.2, 0.25) is 0 Å². The number of rotatable bonds is 10. The highest BCUT2D eigenvalue weighted by Crippen LogP contribution is 2.29. The third kappa shape index (κ3) is 6.89. The lowest BCUT2D eigenvalue weighted by Gasteiger charge is -2.33. The molecular formula is C31H43N3O2. The molecular weight excluding hydrogens is 446 g/mol. The topological polar surface area (TPSA) is 36.0 Å². The minimum absolute atomic E-state index is 0.262. The molecule has 3 aliphatic rings. The molecule has 3 aliphatic heterocycles. The monoisotopic (exact) mass is 489 g/mol. The maximum Gasteiger partial charge on any atom is 0.227 e. The summed E-state index contributed by atoms with van der Waals surface area (Å²) in [6, 6.07) is 19.4. The van der Waals surface area contributed by atoms with Crippen molar-refractivity contribution in [1.82, 2.24) is 9.80 Å². The smallest absolute Gasteiger partial charge is 0.227 e. The normalized spacial score (nSPS) is 22.3. The summed E-state index contributed by atoms with van der Waals surface area (Å²) in [7, 11) is 0. The summed E-state index contributed by atoms with van der Waals surface area (Å²) >= 11 is 0. The number of benzene rings is 2. The van der Waals surface area contributed by atoms with Gasteiger partial charge in [0.2, 0.25) is 5.91 Å². The van der Waals surface area contributed by atoms with Crippen molar-refractivity contribution in [2.45, 2.75) is 63.8 Å². The first-order chi connectivity index (χ1) is 17.7. The second kappa shape index (κ2) is 12.7. The van der Waals surface area contributed by atoms with Crippen LogP contribution in [0.4, 0.5) is 5.69 Å². The lowest BCUT2D eigenvalue weighted by molar-refractivity contribution is -0.117. The van der Waals surface area contributed by atoms with Gasteiger partial charge in [0, 0.05) is 25.2 Å². The first-order valence-electron chi connectivity index (χ1n) is 14.3. The second-order valence-electron chi connectivity index (χ2n) is 11.0. The van der Waals surface area contributed by atoms with E-state index in [0.717, 1.165) is 49.9 Å². The molecule has 0 aliphatic carbocycles. The van der Waals surface area contributed by atoms with Crippen LogP contribution in [-0.2, 0) is 11.2 Å². The zero-order chi connectivity index (χ0) is 24.6. The number of amides is 1. The maximum absolute atomic E-state index is 12.7. The molecule has 0 aromatic heterocycles. The molecule has 36 heavy (non-hydrogen) atoms. The highest BCUT2D eigenvalue weighted by atomic mass is 16.5. The van der Waals surface area contributed by atoms with Gasteiger partial charge < -0.3 is 19.4 Å². The van der Waals surface area contributed by atoms with Gasteiger partial charge in [-0.3, -0.25) is 4.79 Å². The average molecular weight is 490 g/mol.